The van der Waals surface area contributed by atoms with Crippen LogP contribution in [-0.2, 0) is 11.2 Å². The Morgan fingerprint density at radius 3 is 1.87 bits per heavy atom. The normalized spacial score (nSPS) is 11.6. The maximum atomic E-state index is 13.3. The highest BCUT2D eigenvalue weighted by Crippen LogP contribution is 2.45. The SMILES string of the molecule is CC(C)[Si](CC(=O)Cc1cc(C#N)ccc1Sc1ccc(C#N)cc1)(C(C)C)C(C)C. The van der Waals surface area contributed by atoms with Gasteiger partial charge in [0.15, 0.2) is 0 Å². The van der Waals surface area contributed by atoms with Gasteiger partial charge in [0.2, 0.25) is 0 Å². The van der Waals surface area contributed by atoms with Gasteiger partial charge in [-0.1, -0.05) is 69.9 Å². The maximum Gasteiger partial charge on any atom is 0.134 e. The van der Waals surface area contributed by atoms with E-state index in [0.717, 1.165) is 15.4 Å². The Morgan fingerprint density at radius 1 is 0.871 bits per heavy atom. The van der Waals surface area contributed by atoms with E-state index in [-0.39, 0.29) is 5.78 Å². The van der Waals surface area contributed by atoms with Gasteiger partial charge in [0.1, 0.15) is 5.78 Å². The topological polar surface area (TPSA) is 64.7 Å². The number of benzene rings is 2. The van der Waals surface area contributed by atoms with Crippen LogP contribution in [0.3, 0.4) is 0 Å². The van der Waals surface area contributed by atoms with Gasteiger partial charge in [-0.05, 0) is 48.0 Å². The summed E-state index contributed by atoms with van der Waals surface area (Å²) in [5.41, 5.74) is 3.72. The summed E-state index contributed by atoms with van der Waals surface area (Å²) in [6.07, 6.45) is 0.356. The van der Waals surface area contributed by atoms with Crippen LogP contribution < -0.4 is 0 Å². The molecule has 0 N–H and O–H groups in total. The maximum absolute atomic E-state index is 13.3. The molecule has 5 heteroatoms. The smallest absolute Gasteiger partial charge is 0.134 e. The average molecular weight is 449 g/mol. The lowest BCUT2D eigenvalue weighted by atomic mass is 10.1. The minimum absolute atomic E-state index is 0.277. The van der Waals surface area contributed by atoms with Crippen LogP contribution in [0.25, 0.3) is 0 Å². The molecule has 162 valence electrons. The van der Waals surface area contributed by atoms with Crippen molar-refractivity contribution in [1.29, 1.82) is 10.5 Å². The van der Waals surface area contributed by atoms with Crippen molar-refractivity contribution in [3.63, 3.8) is 0 Å². The molecule has 0 saturated carbocycles. The van der Waals surface area contributed by atoms with E-state index in [4.69, 9.17) is 5.26 Å². The molecule has 2 aromatic carbocycles. The van der Waals surface area contributed by atoms with Gasteiger partial charge in [-0.2, -0.15) is 10.5 Å². The lowest BCUT2D eigenvalue weighted by Crippen LogP contribution is -2.46. The molecule has 0 saturated heterocycles. The molecule has 0 aromatic heterocycles. The largest absolute Gasteiger partial charge is 0.300 e. The number of carbonyl (C=O) groups excluding carboxylic acids is 1. The molecule has 0 aliphatic rings. The molecular weight excluding hydrogens is 416 g/mol. The van der Waals surface area contributed by atoms with Gasteiger partial charge >= 0.3 is 0 Å². The van der Waals surface area contributed by atoms with Crippen molar-refractivity contribution in [2.75, 3.05) is 0 Å². The van der Waals surface area contributed by atoms with Crippen molar-refractivity contribution in [1.82, 2.24) is 0 Å². The van der Waals surface area contributed by atoms with E-state index >= 15 is 0 Å². The van der Waals surface area contributed by atoms with Crippen molar-refractivity contribution >= 4 is 25.6 Å². The molecule has 0 unspecified atom stereocenters. The summed E-state index contributed by atoms with van der Waals surface area (Å²) < 4.78 is 0. The summed E-state index contributed by atoms with van der Waals surface area (Å²) in [6, 6.07) is 18.0. The summed E-state index contributed by atoms with van der Waals surface area (Å²) in [7, 11) is -1.82. The van der Waals surface area contributed by atoms with Crippen molar-refractivity contribution < 1.29 is 4.79 Å². The number of nitrogens with zero attached hydrogens (tertiary/aromatic N) is 2. The van der Waals surface area contributed by atoms with Gasteiger partial charge < -0.3 is 0 Å². The molecule has 0 aliphatic carbocycles. The Kier molecular flexibility index (Phi) is 8.68. The zero-order chi connectivity index (χ0) is 23.2. The Morgan fingerprint density at radius 2 is 1.39 bits per heavy atom. The fraction of sp³-hybridized carbons (Fsp3) is 0.423. The number of rotatable bonds is 9. The van der Waals surface area contributed by atoms with Gasteiger partial charge in [0, 0.05) is 22.3 Å². The first-order chi connectivity index (χ1) is 14.6. The van der Waals surface area contributed by atoms with E-state index in [1.165, 1.54) is 0 Å². The van der Waals surface area contributed by atoms with Gasteiger partial charge in [-0.3, -0.25) is 4.79 Å². The second-order valence-electron chi connectivity index (χ2n) is 9.14. The molecular formula is C26H32N2OSSi. The monoisotopic (exact) mass is 448 g/mol. The Balaban J connectivity index is 2.33. The zero-order valence-corrected chi connectivity index (χ0v) is 21.2. The fourth-order valence-corrected chi connectivity index (χ4v) is 11.8. The van der Waals surface area contributed by atoms with Crippen molar-refractivity contribution in [2.24, 2.45) is 0 Å². The number of hydrogen-bond donors (Lipinski definition) is 0. The average Bonchev–Trinajstić information content (AvgIpc) is 2.73. The van der Waals surface area contributed by atoms with Gasteiger partial charge in [0.25, 0.3) is 0 Å². The lowest BCUT2D eigenvalue weighted by Gasteiger charge is -2.43. The third kappa shape index (κ3) is 5.88. The highest BCUT2D eigenvalue weighted by atomic mass is 32.2. The zero-order valence-electron chi connectivity index (χ0n) is 19.4. The Bertz CT molecular complexity index is 976. The molecule has 0 bridgehead atoms. The molecule has 0 radical (unpaired) electrons. The predicted molar refractivity (Wildman–Crippen MR) is 131 cm³/mol. The standard InChI is InChI=1S/C26H32N2OSSi/c1-18(2)31(19(3)4,20(5)6)17-24(29)14-23-13-22(16-28)9-12-26(23)30-25-10-7-21(15-27)8-11-25/h7-13,18-20H,14,17H2,1-6H3. The van der Waals surface area contributed by atoms with Crippen molar-refractivity contribution in [2.45, 2.75) is 80.4 Å². The van der Waals surface area contributed by atoms with Crippen LogP contribution in [0.2, 0.25) is 22.7 Å². The van der Waals surface area contributed by atoms with Crippen LogP contribution in [0.1, 0.15) is 58.2 Å². The number of carbonyl (C=O) groups is 1. The van der Waals surface area contributed by atoms with E-state index in [0.29, 0.717) is 40.2 Å². The molecule has 3 nitrogen and oxygen atoms in total. The van der Waals surface area contributed by atoms with E-state index in [1.54, 1.807) is 30.0 Å². The molecule has 2 rings (SSSR count). The fourth-order valence-electron chi connectivity index (χ4n) is 4.84. The van der Waals surface area contributed by atoms with E-state index < -0.39 is 8.07 Å². The van der Waals surface area contributed by atoms with Gasteiger partial charge in [0.05, 0.1) is 31.3 Å². The number of ketones is 1. The molecule has 0 heterocycles. The van der Waals surface area contributed by atoms with Crippen LogP contribution in [0.15, 0.2) is 52.3 Å². The molecule has 0 atom stereocenters. The Labute approximate surface area is 192 Å². The van der Waals surface area contributed by atoms with E-state index in [1.807, 2.05) is 24.3 Å². The predicted octanol–water partition coefficient (Wildman–Crippen LogP) is 7.37. The summed E-state index contributed by atoms with van der Waals surface area (Å²) in [5.74, 6) is 0.277. The van der Waals surface area contributed by atoms with Crippen molar-refractivity contribution in [3.8, 4) is 12.1 Å². The molecule has 0 amide bonds. The second-order valence-corrected chi connectivity index (χ2v) is 16.3. The van der Waals surface area contributed by atoms with Crippen LogP contribution in [0.4, 0.5) is 0 Å². The highest BCUT2D eigenvalue weighted by Gasteiger charge is 2.43. The van der Waals surface area contributed by atoms with Crippen LogP contribution in [-0.4, -0.2) is 13.9 Å². The molecule has 0 aliphatic heterocycles. The number of Topliss-reactive ketones (excluding diaryl/α,β-unsaturated/α-hetero) is 1. The van der Waals surface area contributed by atoms with Crippen molar-refractivity contribution in [3.05, 3.63) is 59.2 Å². The summed E-state index contributed by atoms with van der Waals surface area (Å²) in [4.78, 5) is 15.3. The van der Waals surface area contributed by atoms with E-state index in [2.05, 4.69) is 53.7 Å². The third-order valence-electron chi connectivity index (χ3n) is 6.52. The molecule has 31 heavy (non-hydrogen) atoms. The first kappa shape index (κ1) is 24.9. The van der Waals surface area contributed by atoms with Crippen LogP contribution >= 0.6 is 11.8 Å². The summed E-state index contributed by atoms with van der Waals surface area (Å²) in [6.45, 7) is 13.7. The number of hydrogen-bond acceptors (Lipinski definition) is 4. The first-order valence-electron chi connectivity index (χ1n) is 10.9. The second kappa shape index (κ2) is 10.8. The van der Waals surface area contributed by atoms with Crippen LogP contribution in [0.5, 0.6) is 0 Å². The molecule has 0 fully saturated rings. The Hall–Kier alpha value is -2.34. The minimum atomic E-state index is -1.82. The number of nitriles is 2. The van der Waals surface area contributed by atoms with Gasteiger partial charge in [-0.15, -0.1) is 0 Å². The first-order valence-corrected chi connectivity index (χ1v) is 14.1. The minimum Gasteiger partial charge on any atom is -0.300 e. The quantitative estimate of drug-likeness (QED) is 0.376. The summed E-state index contributed by atoms with van der Waals surface area (Å²) in [5, 5.41) is 18.4. The highest BCUT2D eigenvalue weighted by molar-refractivity contribution is 7.99. The van der Waals surface area contributed by atoms with Gasteiger partial charge in [-0.25, -0.2) is 0 Å². The molecule has 0 spiro atoms. The summed E-state index contributed by atoms with van der Waals surface area (Å²) >= 11 is 1.57. The lowest BCUT2D eigenvalue weighted by molar-refractivity contribution is -0.116. The van der Waals surface area contributed by atoms with E-state index in [9.17, 15) is 10.1 Å². The van der Waals surface area contributed by atoms with Crippen LogP contribution in [0, 0.1) is 22.7 Å². The third-order valence-corrected chi connectivity index (χ3v) is 15.1. The molecule has 2 aromatic rings.